The molecule has 1 aliphatic rings. The predicted octanol–water partition coefficient (Wildman–Crippen LogP) is 1.16. The number of cyclic esters (lactones) is 2. The average Bonchev–Trinajstić information content (AvgIpc) is 2.83. The largest absolute Gasteiger partial charge is 0.505 e. The maximum Gasteiger partial charge on any atom is 0.332 e. The molecule has 2 amide bonds. The van der Waals surface area contributed by atoms with Crippen LogP contribution < -0.4 is 10.6 Å². The number of ether oxygens (including phenoxy) is 2. The minimum Gasteiger partial charge on any atom is -0.505 e. The highest BCUT2D eigenvalue weighted by molar-refractivity contribution is 6.01. The van der Waals surface area contributed by atoms with Gasteiger partial charge in [0.05, 0.1) is 17.2 Å². The van der Waals surface area contributed by atoms with Crippen molar-refractivity contribution >= 4 is 29.9 Å². The van der Waals surface area contributed by atoms with Gasteiger partial charge in [0.25, 0.3) is 5.91 Å². The molecule has 0 saturated carbocycles. The number of phenols is 1. The molecule has 2 aromatic carbocycles. The summed E-state index contributed by atoms with van der Waals surface area (Å²) in [4.78, 5) is 49.2. The first kappa shape index (κ1) is 24.7. The Balaban J connectivity index is 1.83. The molecule has 10 nitrogen and oxygen atoms in total. The monoisotopic (exact) mass is 470 g/mol. The van der Waals surface area contributed by atoms with Crippen LogP contribution >= 0.6 is 0 Å². The minimum absolute atomic E-state index is 0.000308. The number of aliphatic hydroxyl groups excluding tert-OH is 1. The standard InChI is InChI=1S/C24H26N2O8/c1-13-19(26-22(30)16-9-6-10-18(21(16)29)25-12-27)24(32)34-14(2)20(28)17(23(31)33-13)11-15-7-4-3-5-8-15/h3-10,12-14,17,19-20,28-29H,11H2,1-2H3,(H,25,27)(H,26,30)/t13-,14+,17-,19+,20+/m1/s1. The average molecular weight is 470 g/mol. The van der Waals surface area contributed by atoms with E-state index in [1.54, 1.807) is 24.3 Å². The number of aromatic hydroxyl groups is 1. The molecule has 34 heavy (non-hydrogen) atoms. The Morgan fingerprint density at radius 1 is 1.00 bits per heavy atom. The van der Waals surface area contributed by atoms with E-state index in [0.29, 0.717) is 6.41 Å². The molecule has 0 spiro atoms. The van der Waals surface area contributed by atoms with Gasteiger partial charge in [-0.1, -0.05) is 36.4 Å². The smallest absolute Gasteiger partial charge is 0.332 e. The lowest BCUT2D eigenvalue weighted by Crippen LogP contribution is -2.50. The molecule has 1 saturated heterocycles. The molecule has 5 atom stereocenters. The van der Waals surface area contributed by atoms with Gasteiger partial charge in [-0.25, -0.2) is 4.79 Å². The third kappa shape index (κ3) is 5.52. The summed E-state index contributed by atoms with van der Waals surface area (Å²) in [5.41, 5.74) is 0.575. The van der Waals surface area contributed by atoms with Gasteiger partial charge in [-0.05, 0) is 38.0 Å². The van der Waals surface area contributed by atoms with Crippen molar-refractivity contribution in [1.82, 2.24) is 5.32 Å². The molecule has 1 aliphatic heterocycles. The van der Waals surface area contributed by atoms with Gasteiger partial charge in [0.2, 0.25) is 6.41 Å². The first-order chi connectivity index (χ1) is 16.2. The summed E-state index contributed by atoms with van der Waals surface area (Å²) in [7, 11) is 0. The van der Waals surface area contributed by atoms with E-state index in [-0.39, 0.29) is 17.7 Å². The van der Waals surface area contributed by atoms with Gasteiger partial charge < -0.3 is 30.3 Å². The van der Waals surface area contributed by atoms with Gasteiger partial charge in [0.1, 0.15) is 18.3 Å². The fourth-order valence-electron chi connectivity index (χ4n) is 3.70. The van der Waals surface area contributed by atoms with Crippen LogP contribution in [0.25, 0.3) is 0 Å². The highest BCUT2D eigenvalue weighted by Gasteiger charge is 2.41. The molecule has 0 aliphatic carbocycles. The minimum atomic E-state index is -1.41. The molecular formula is C24H26N2O8. The first-order valence-corrected chi connectivity index (χ1v) is 10.7. The van der Waals surface area contributed by atoms with Crippen molar-refractivity contribution in [3.8, 4) is 5.75 Å². The summed E-state index contributed by atoms with van der Waals surface area (Å²) in [6.45, 7) is 2.86. The van der Waals surface area contributed by atoms with Gasteiger partial charge in [-0.2, -0.15) is 0 Å². The summed E-state index contributed by atoms with van der Waals surface area (Å²) >= 11 is 0. The third-order valence-corrected chi connectivity index (χ3v) is 5.60. The van der Waals surface area contributed by atoms with Crippen LogP contribution in [-0.2, 0) is 30.3 Å². The van der Waals surface area contributed by atoms with Crippen molar-refractivity contribution in [2.24, 2.45) is 5.92 Å². The van der Waals surface area contributed by atoms with Crippen LogP contribution in [-0.4, -0.2) is 58.8 Å². The number of amides is 2. The SMILES string of the molecule is C[C@@H]1OC(=O)[C@@H](NC(=O)c2cccc(NC=O)c2O)[C@@H](C)OC(=O)[C@H](Cc2ccccc2)[C@H]1O. The molecule has 1 heterocycles. The number of aliphatic hydroxyl groups is 1. The molecule has 0 aromatic heterocycles. The van der Waals surface area contributed by atoms with Crippen LogP contribution in [0, 0.1) is 5.92 Å². The van der Waals surface area contributed by atoms with E-state index in [0.717, 1.165) is 5.56 Å². The van der Waals surface area contributed by atoms with Crippen molar-refractivity contribution < 1.29 is 38.9 Å². The number of anilines is 1. The summed E-state index contributed by atoms with van der Waals surface area (Å²) in [6, 6.07) is 11.7. The number of carbonyl (C=O) groups excluding carboxylic acids is 4. The Bertz CT molecular complexity index is 1060. The zero-order valence-corrected chi connectivity index (χ0v) is 18.6. The maximum absolute atomic E-state index is 12.9. The van der Waals surface area contributed by atoms with Gasteiger partial charge in [-0.15, -0.1) is 0 Å². The summed E-state index contributed by atoms with van der Waals surface area (Å²) < 4.78 is 10.8. The third-order valence-electron chi connectivity index (χ3n) is 5.60. The van der Waals surface area contributed by atoms with Crippen molar-refractivity contribution in [3.05, 3.63) is 59.7 Å². The zero-order valence-electron chi connectivity index (χ0n) is 18.6. The molecule has 4 N–H and O–H groups in total. The normalized spacial score (nSPS) is 25.1. The van der Waals surface area contributed by atoms with E-state index >= 15 is 0 Å². The van der Waals surface area contributed by atoms with Gasteiger partial charge in [0.15, 0.2) is 11.8 Å². The van der Waals surface area contributed by atoms with E-state index < -0.39 is 53.9 Å². The molecule has 0 radical (unpaired) electrons. The molecule has 1 fully saturated rings. The number of hydrogen-bond acceptors (Lipinski definition) is 8. The molecule has 10 heteroatoms. The molecule has 0 unspecified atom stereocenters. The van der Waals surface area contributed by atoms with E-state index in [9.17, 15) is 29.4 Å². The molecule has 180 valence electrons. The van der Waals surface area contributed by atoms with Crippen LogP contribution in [0.15, 0.2) is 48.5 Å². The molecule has 2 aromatic rings. The maximum atomic E-state index is 12.9. The van der Waals surface area contributed by atoms with Crippen LogP contribution in [0.3, 0.4) is 0 Å². The van der Waals surface area contributed by atoms with Crippen molar-refractivity contribution in [1.29, 1.82) is 0 Å². The summed E-state index contributed by atoms with van der Waals surface area (Å²) in [5.74, 6) is -4.02. The van der Waals surface area contributed by atoms with Crippen LogP contribution in [0.1, 0.15) is 29.8 Å². The second-order valence-corrected chi connectivity index (χ2v) is 7.99. The quantitative estimate of drug-likeness (QED) is 0.279. The Morgan fingerprint density at radius 3 is 2.35 bits per heavy atom. The topological polar surface area (TPSA) is 151 Å². The lowest BCUT2D eigenvalue weighted by atomic mass is 9.91. The number of hydrogen-bond donors (Lipinski definition) is 4. The lowest BCUT2D eigenvalue weighted by Gasteiger charge is -2.25. The van der Waals surface area contributed by atoms with Crippen LogP contribution in [0.2, 0.25) is 0 Å². The Morgan fingerprint density at radius 2 is 1.68 bits per heavy atom. The van der Waals surface area contributed by atoms with Gasteiger partial charge in [0, 0.05) is 0 Å². The number of para-hydroxylation sites is 1. The number of phenolic OH excluding ortho intramolecular Hbond substituents is 1. The highest BCUT2D eigenvalue weighted by atomic mass is 16.6. The van der Waals surface area contributed by atoms with E-state index in [1.165, 1.54) is 32.0 Å². The van der Waals surface area contributed by atoms with Crippen molar-refractivity contribution in [2.75, 3.05) is 5.32 Å². The number of benzene rings is 2. The zero-order chi connectivity index (χ0) is 24.8. The Labute approximate surface area is 195 Å². The molecule has 3 rings (SSSR count). The summed E-state index contributed by atoms with van der Waals surface area (Å²) in [5, 5.41) is 25.7. The Kier molecular flexibility index (Phi) is 7.85. The first-order valence-electron chi connectivity index (χ1n) is 10.7. The highest BCUT2D eigenvalue weighted by Crippen LogP contribution is 2.27. The van der Waals surface area contributed by atoms with E-state index in [2.05, 4.69) is 10.6 Å². The number of carbonyl (C=O) groups is 4. The van der Waals surface area contributed by atoms with E-state index in [1.807, 2.05) is 6.07 Å². The second-order valence-electron chi connectivity index (χ2n) is 7.99. The second kappa shape index (κ2) is 10.8. The van der Waals surface area contributed by atoms with Gasteiger partial charge in [-0.3, -0.25) is 14.4 Å². The van der Waals surface area contributed by atoms with Crippen LogP contribution in [0.4, 0.5) is 5.69 Å². The summed E-state index contributed by atoms with van der Waals surface area (Å²) in [6.07, 6.45) is -3.04. The predicted molar refractivity (Wildman–Crippen MR) is 120 cm³/mol. The van der Waals surface area contributed by atoms with E-state index in [4.69, 9.17) is 9.47 Å². The fraction of sp³-hybridized carbons (Fsp3) is 0.333. The van der Waals surface area contributed by atoms with Crippen LogP contribution in [0.5, 0.6) is 5.75 Å². The number of esters is 2. The molecular weight excluding hydrogens is 444 g/mol. The Hall–Kier alpha value is -3.92. The lowest BCUT2D eigenvalue weighted by molar-refractivity contribution is -0.159. The number of rotatable bonds is 6. The number of nitrogens with one attached hydrogen (secondary N) is 2. The fourth-order valence-corrected chi connectivity index (χ4v) is 3.70. The van der Waals surface area contributed by atoms with Gasteiger partial charge >= 0.3 is 11.9 Å². The molecule has 0 bridgehead atoms. The van der Waals surface area contributed by atoms with Crippen molar-refractivity contribution in [3.63, 3.8) is 0 Å². The van der Waals surface area contributed by atoms with Crippen molar-refractivity contribution in [2.45, 2.75) is 44.6 Å².